The maximum Gasteiger partial charge on any atom is 0.272 e. The number of fused-ring (bicyclic) bond motifs is 1. The van der Waals surface area contributed by atoms with E-state index in [-0.39, 0.29) is 11.9 Å². The summed E-state index contributed by atoms with van der Waals surface area (Å²) in [4.78, 5) is 15.6. The fourth-order valence-corrected chi connectivity index (χ4v) is 2.58. The smallest absolute Gasteiger partial charge is 0.272 e. The van der Waals surface area contributed by atoms with Gasteiger partial charge in [-0.25, -0.2) is 5.43 Å². The third-order valence-corrected chi connectivity index (χ3v) is 3.93. The van der Waals surface area contributed by atoms with Crippen LogP contribution in [0.15, 0.2) is 53.6 Å². The normalized spacial score (nSPS) is 11.4. The molecule has 0 aliphatic heterocycles. The molecule has 0 saturated heterocycles. The Morgan fingerprint density at radius 1 is 1.15 bits per heavy atom. The van der Waals surface area contributed by atoms with Crippen molar-refractivity contribution in [3.8, 4) is 0 Å². The van der Waals surface area contributed by atoms with Gasteiger partial charge < -0.3 is 16.0 Å². The Labute approximate surface area is 150 Å². The van der Waals surface area contributed by atoms with Crippen LogP contribution in [0.25, 0.3) is 10.9 Å². The number of amides is 1. The van der Waals surface area contributed by atoms with Crippen molar-refractivity contribution in [3.63, 3.8) is 0 Å². The third kappa shape index (κ3) is 3.89. The summed E-state index contributed by atoms with van der Waals surface area (Å²) in [5, 5.41) is 15.0. The Morgan fingerprint density at radius 3 is 2.58 bits per heavy atom. The summed E-state index contributed by atoms with van der Waals surface area (Å²) in [5.74, 6) is -0.419. The Kier molecular flexibility index (Phi) is 4.70. The molecule has 7 heteroatoms. The van der Waals surface area contributed by atoms with Crippen molar-refractivity contribution >= 4 is 34.2 Å². The summed E-state index contributed by atoms with van der Waals surface area (Å²) in [6, 6.07) is 15.1. The molecular formula is C19H20N6O. The number of aromatic nitrogens is 1. The minimum atomic E-state index is -0.221. The number of rotatable bonds is 4. The van der Waals surface area contributed by atoms with Gasteiger partial charge in [0.25, 0.3) is 5.91 Å². The van der Waals surface area contributed by atoms with Crippen LogP contribution >= 0.6 is 0 Å². The number of benzene rings is 2. The lowest BCUT2D eigenvalue weighted by Gasteiger charge is -2.06. The van der Waals surface area contributed by atoms with Gasteiger partial charge in [0.15, 0.2) is 0 Å². The first-order valence-electron chi connectivity index (χ1n) is 8.08. The highest BCUT2D eigenvalue weighted by atomic mass is 16.1. The third-order valence-electron chi connectivity index (χ3n) is 3.93. The number of guanidine groups is 1. The number of anilines is 1. The molecule has 132 valence electrons. The van der Waals surface area contributed by atoms with Crippen molar-refractivity contribution in [2.75, 3.05) is 5.32 Å². The molecule has 2 aromatic carbocycles. The van der Waals surface area contributed by atoms with Gasteiger partial charge in [-0.15, -0.1) is 0 Å². The molecule has 0 atom stereocenters. The molecule has 1 aromatic heterocycles. The first kappa shape index (κ1) is 17.2. The molecule has 0 radical (unpaired) electrons. The number of nitrogens with zero attached hydrogens (tertiary/aromatic N) is 1. The summed E-state index contributed by atoms with van der Waals surface area (Å²) >= 11 is 0. The fraction of sp³-hybridized carbons (Fsp3) is 0.105. The highest BCUT2D eigenvalue weighted by Gasteiger charge is 2.10. The monoisotopic (exact) mass is 348 g/mol. The topological polar surface area (TPSA) is 119 Å². The predicted molar refractivity (Wildman–Crippen MR) is 105 cm³/mol. The lowest BCUT2D eigenvalue weighted by molar-refractivity contribution is 0.102. The predicted octanol–water partition coefficient (Wildman–Crippen LogP) is 2.94. The van der Waals surface area contributed by atoms with Gasteiger partial charge in [-0.3, -0.25) is 10.2 Å². The standard InChI is InChI=1S/C19H20N6O/c1-11-3-8-16-14(9-11)10-17(23-16)18(26)22-15-6-4-13(5-7-15)12(2)24-25-19(20)21/h3-10,23H,1-2H3,(H,22,26)(H4,20,21,25)/b24-12-. The van der Waals surface area contributed by atoms with Crippen LogP contribution in [0.2, 0.25) is 0 Å². The SMILES string of the molecule is C/C(=N/NC(=N)N)c1ccc(NC(=O)c2cc3cc(C)ccc3[nH]2)cc1. The second-order valence-electron chi connectivity index (χ2n) is 6.03. The summed E-state index contributed by atoms with van der Waals surface area (Å²) < 4.78 is 0. The quantitative estimate of drug-likeness (QED) is 0.283. The number of hydrogen-bond acceptors (Lipinski definition) is 3. The van der Waals surface area contributed by atoms with Crippen molar-refractivity contribution in [2.45, 2.75) is 13.8 Å². The Balaban J connectivity index is 1.72. The number of nitrogens with two attached hydrogens (primary N) is 1. The average molecular weight is 348 g/mol. The van der Waals surface area contributed by atoms with Crippen LogP contribution in [-0.2, 0) is 0 Å². The molecule has 3 aromatic rings. The second-order valence-corrected chi connectivity index (χ2v) is 6.03. The van der Waals surface area contributed by atoms with E-state index in [0.29, 0.717) is 17.1 Å². The zero-order valence-electron chi connectivity index (χ0n) is 14.6. The first-order valence-corrected chi connectivity index (χ1v) is 8.08. The molecule has 0 spiro atoms. The maximum absolute atomic E-state index is 12.5. The number of aromatic amines is 1. The molecule has 0 aliphatic carbocycles. The van der Waals surface area contributed by atoms with E-state index in [4.69, 9.17) is 11.1 Å². The van der Waals surface area contributed by atoms with Crippen molar-refractivity contribution in [3.05, 3.63) is 65.4 Å². The Bertz CT molecular complexity index is 1000. The van der Waals surface area contributed by atoms with Gasteiger partial charge in [-0.05, 0) is 49.7 Å². The lowest BCUT2D eigenvalue weighted by Crippen LogP contribution is -2.26. The van der Waals surface area contributed by atoms with Crippen LogP contribution in [0.1, 0.15) is 28.5 Å². The number of carbonyl (C=O) groups is 1. The van der Waals surface area contributed by atoms with Crippen LogP contribution in [0.5, 0.6) is 0 Å². The van der Waals surface area contributed by atoms with Gasteiger partial charge in [0.05, 0.1) is 5.71 Å². The summed E-state index contributed by atoms with van der Waals surface area (Å²) in [7, 11) is 0. The summed E-state index contributed by atoms with van der Waals surface area (Å²) in [6.07, 6.45) is 0. The minimum Gasteiger partial charge on any atom is -0.369 e. The van der Waals surface area contributed by atoms with Crippen LogP contribution in [0.3, 0.4) is 0 Å². The largest absolute Gasteiger partial charge is 0.369 e. The first-order chi connectivity index (χ1) is 12.4. The van der Waals surface area contributed by atoms with Gasteiger partial charge in [-0.1, -0.05) is 23.8 Å². The zero-order chi connectivity index (χ0) is 18.7. The molecule has 1 heterocycles. The molecular weight excluding hydrogens is 328 g/mol. The van der Waals surface area contributed by atoms with Gasteiger partial charge in [0.1, 0.15) is 5.69 Å². The van der Waals surface area contributed by atoms with Crippen LogP contribution in [0, 0.1) is 12.3 Å². The van der Waals surface area contributed by atoms with E-state index in [9.17, 15) is 4.79 Å². The van der Waals surface area contributed by atoms with Crippen molar-refractivity contribution in [1.29, 1.82) is 5.41 Å². The van der Waals surface area contributed by atoms with Gasteiger partial charge in [0.2, 0.25) is 5.96 Å². The van der Waals surface area contributed by atoms with E-state index in [2.05, 4.69) is 20.8 Å². The molecule has 0 saturated carbocycles. The van der Waals surface area contributed by atoms with Crippen LogP contribution in [0.4, 0.5) is 5.69 Å². The van der Waals surface area contributed by atoms with Gasteiger partial charge in [-0.2, -0.15) is 5.10 Å². The summed E-state index contributed by atoms with van der Waals surface area (Å²) in [5.41, 5.74) is 12.4. The number of aryl methyl sites for hydroxylation is 1. The number of H-pyrrole nitrogens is 1. The van der Waals surface area contributed by atoms with Gasteiger partial charge in [0, 0.05) is 16.6 Å². The number of hydrazone groups is 1. The van der Waals surface area contributed by atoms with E-state index in [1.165, 1.54) is 0 Å². The highest BCUT2D eigenvalue weighted by Crippen LogP contribution is 2.18. The van der Waals surface area contributed by atoms with Gasteiger partial charge >= 0.3 is 0 Å². The number of nitrogens with one attached hydrogen (secondary N) is 4. The molecule has 1 amide bonds. The molecule has 6 N–H and O–H groups in total. The Hall–Kier alpha value is -3.61. The van der Waals surface area contributed by atoms with E-state index < -0.39 is 0 Å². The average Bonchev–Trinajstić information content (AvgIpc) is 3.03. The maximum atomic E-state index is 12.5. The molecule has 3 rings (SSSR count). The number of carbonyl (C=O) groups excluding carboxylic acids is 1. The minimum absolute atomic E-state index is 0.199. The fourth-order valence-electron chi connectivity index (χ4n) is 2.58. The molecule has 7 nitrogen and oxygen atoms in total. The molecule has 0 fully saturated rings. The van der Waals surface area contributed by atoms with Crippen molar-refractivity contribution in [2.24, 2.45) is 10.8 Å². The van der Waals surface area contributed by atoms with Crippen molar-refractivity contribution < 1.29 is 4.79 Å². The van der Waals surface area contributed by atoms with E-state index >= 15 is 0 Å². The molecule has 26 heavy (non-hydrogen) atoms. The van der Waals surface area contributed by atoms with Crippen LogP contribution in [-0.4, -0.2) is 22.6 Å². The highest BCUT2D eigenvalue weighted by molar-refractivity contribution is 6.06. The van der Waals surface area contributed by atoms with E-state index in [1.54, 1.807) is 19.1 Å². The zero-order valence-corrected chi connectivity index (χ0v) is 14.6. The number of hydrogen-bond donors (Lipinski definition) is 5. The second kappa shape index (κ2) is 7.10. The molecule has 0 unspecified atom stereocenters. The van der Waals surface area contributed by atoms with E-state index in [0.717, 1.165) is 22.0 Å². The Morgan fingerprint density at radius 2 is 1.88 bits per heavy atom. The molecule has 0 bridgehead atoms. The lowest BCUT2D eigenvalue weighted by atomic mass is 10.1. The molecule has 0 aliphatic rings. The summed E-state index contributed by atoms with van der Waals surface area (Å²) in [6.45, 7) is 3.82. The van der Waals surface area contributed by atoms with E-state index in [1.807, 2.05) is 43.3 Å². The van der Waals surface area contributed by atoms with Crippen LogP contribution < -0.4 is 16.5 Å². The van der Waals surface area contributed by atoms with Crippen molar-refractivity contribution in [1.82, 2.24) is 10.4 Å².